The fraction of sp³-hybridized carbons (Fsp3) is 0.217. The van der Waals surface area contributed by atoms with Gasteiger partial charge in [-0.1, -0.05) is 17.7 Å². The fourth-order valence-corrected chi connectivity index (χ4v) is 3.63. The number of amides is 1. The van der Waals surface area contributed by atoms with Gasteiger partial charge in [0, 0.05) is 11.1 Å². The van der Waals surface area contributed by atoms with Gasteiger partial charge in [-0.3, -0.25) is 9.59 Å². The Morgan fingerprint density at radius 2 is 1.79 bits per heavy atom. The summed E-state index contributed by atoms with van der Waals surface area (Å²) in [5, 5.41) is 11.7. The summed E-state index contributed by atoms with van der Waals surface area (Å²) in [6, 6.07) is 10.4. The van der Waals surface area contributed by atoms with Crippen molar-refractivity contribution in [3.63, 3.8) is 0 Å². The number of alkyl halides is 3. The minimum atomic E-state index is -4.81. The van der Waals surface area contributed by atoms with Crippen molar-refractivity contribution in [1.29, 1.82) is 0 Å². The zero-order chi connectivity index (χ0) is 24.6. The van der Waals surface area contributed by atoms with E-state index in [-0.39, 0.29) is 5.69 Å². The molecule has 0 aliphatic carbocycles. The summed E-state index contributed by atoms with van der Waals surface area (Å²) in [5.41, 5.74) is 3.30. The van der Waals surface area contributed by atoms with E-state index in [1.165, 1.54) is 16.8 Å². The molecule has 0 saturated carbocycles. The molecule has 4 aromatic rings. The Bertz CT molecular complexity index is 1440. The number of halogens is 3. The maximum Gasteiger partial charge on any atom is 0.573 e. The van der Waals surface area contributed by atoms with Crippen LogP contribution >= 0.6 is 0 Å². The molecule has 0 atom stereocenters. The quantitative estimate of drug-likeness (QED) is 0.474. The van der Waals surface area contributed by atoms with Crippen LogP contribution in [0.2, 0.25) is 0 Å². The second-order valence-corrected chi connectivity index (χ2v) is 7.78. The number of aryl methyl sites for hydroxylation is 3. The highest BCUT2D eigenvalue weighted by Gasteiger charge is 2.31. The van der Waals surface area contributed by atoms with E-state index in [0.717, 1.165) is 33.6 Å². The van der Waals surface area contributed by atoms with Gasteiger partial charge < -0.3 is 10.1 Å². The second kappa shape index (κ2) is 8.65. The first-order valence-corrected chi connectivity index (χ1v) is 10.2. The van der Waals surface area contributed by atoms with Gasteiger partial charge >= 0.3 is 6.36 Å². The number of hydrogen-bond donors (Lipinski definition) is 1. The van der Waals surface area contributed by atoms with Crippen molar-refractivity contribution in [3.05, 3.63) is 75.8 Å². The van der Waals surface area contributed by atoms with Gasteiger partial charge in [0.1, 0.15) is 17.8 Å². The third-order valence-corrected chi connectivity index (χ3v) is 5.11. The lowest BCUT2D eigenvalue weighted by atomic mass is 10.1. The van der Waals surface area contributed by atoms with E-state index in [9.17, 15) is 22.8 Å². The van der Waals surface area contributed by atoms with Gasteiger partial charge in [0.25, 0.3) is 5.56 Å². The maximum atomic E-state index is 13.2. The Labute approximate surface area is 191 Å². The summed E-state index contributed by atoms with van der Waals surface area (Å²) < 4.78 is 43.3. The number of rotatable bonds is 5. The van der Waals surface area contributed by atoms with Crippen LogP contribution in [0.1, 0.15) is 16.8 Å². The minimum absolute atomic E-state index is 0.241. The zero-order valence-corrected chi connectivity index (χ0v) is 18.5. The van der Waals surface area contributed by atoms with Crippen molar-refractivity contribution in [2.45, 2.75) is 33.7 Å². The van der Waals surface area contributed by atoms with E-state index < -0.39 is 30.1 Å². The number of carbonyl (C=O) groups excluding carboxylic acids is 1. The highest BCUT2D eigenvalue weighted by atomic mass is 19.4. The third-order valence-electron chi connectivity index (χ3n) is 5.11. The lowest BCUT2D eigenvalue weighted by molar-refractivity contribution is -0.274. The van der Waals surface area contributed by atoms with Gasteiger partial charge in [0.15, 0.2) is 0 Å². The average molecular weight is 471 g/mol. The van der Waals surface area contributed by atoms with Crippen LogP contribution in [0, 0.1) is 20.8 Å². The first kappa shape index (κ1) is 23.0. The molecule has 1 amide bonds. The van der Waals surface area contributed by atoms with E-state index in [0.29, 0.717) is 16.6 Å². The molecule has 4 rings (SSSR count). The summed E-state index contributed by atoms with van der Waals surface area (Å²) in [4.78, 5) is 25.8. The van der Waals surface area contributed by atoms with Crippen molar-refractivity contribution in [2.24, 2.45) is 0 Å². The number of nitrogens with one attached hydrogen (secondary N) is 1. The molecule has 0 aliphatic rings. The molecular formula is C23H20F3N5O3. The van der Waals surface area contributed by atoms with Crippen molar-refractivity contribution in [3.8, 4) is 11.4 Å². The maximum absolute atomic E-state index is 13.2. The molecule has 0 radical (unpaired) electrons. The summed E-state index contributed by atoms with van der Waals surface area (Å²) in [7, 11) is 0. The Kier molecular flexibility index (Phi) is 5.86. The minimum Gasteiger partial charge on any atom is -0.406 e. The van der Waals surface area contributed by atoms with Gasteiger partial charge in [0.2, 0.25) is 5.91 Å². The van der Waals surface area contributed by atoms with Crippen molar-refractivity contribution in [2.75, 3.05) is 5.32 Å². The lowest BCUT2D eigenvalue weighted by Gasteiger charge is -2.11. The van der Waals surface area contributed by atoms with E-state index in [4.69, 9.17) is 0 Å². The van der Waals surface area contributed by atoms with Crippen LogP contribution in [-0.4, -0.2) is 31.8 Å². The molecular weight excluding hydrogens is 451 g/mol. The third kappa shape index (κ3) is 4.77. The highest BCUT2D eigenvalue weighted by molar-refractivity contribution is 5.90. The zero-order valence-electron chi connectivity index (χ0n) is 18.5. The lowest BCUT2D eigenvalue weighted by Crippen LogP contribution is -2.31. The molecule has 176 valence electrons. The molecule has 0 saturated heterocycles. The predicted molar refractivity (Wildman–Crippen MR) is 119 cm³/mol. The number of nitrogens with zero attached hydrogens (tertiary/aromatic N) is 4. The molecule has 34 heavy (non-hydrogen) atoms. The van der Waals surface area contributed by atoms with Gasteiger partial charge in [-0.25, -0.2) is 9.36 Å². The van der Waals surface area contributed by atoms with E-state index in [1.54, 1.807) is 13.1 Å². The first-order valence-electron chi connectivity index (χ1n) is 10.2. The molecule has 8 nitrogen and oxygen atoms in total. The molecule has 0 aliphatic heterocycles. The van der Waals surface area contributed by atoms with Crippen molar-refractivity contribution in [1.82, 2.24) is 19.6 Å². The number of ether oxygens (including phenoxy) is 1. The molecule has 0 spiro atoms. The van der Waals surface area contributed by atoms with Gasteiger partial charge in [0.05, 0.1) is 17.6 Å². The van der Waals surface area contributed by atoms with Crippen LogP contribution in [0.4, 0.5) is 18.9 Å². The summed E-state index contributed by atoms with van der Waals surface area (Å²) in [6.07, 6.45) is -3.24. The number of anilines is 1. The number of benzene rings is 2. The molecule has 0 fully saturated rings. The van der Waals surface area contributed by atoms with Crippen LogP contribution in [0.5, 0.6) is 5.75 Å². The van der Waals surface area contributed by atoms with Crippen LogP contribution in [0.3, 0.4) is 0 Å². The second-order valence-electron chi connectivity index (χ2n) is 7.78. The van der Waals surface area contributed by atoms with E-state index >= 15 is 0 Å². The van der Waals surface area contributed by atoms with Crippen LogP contribution in [-0.2, 0) is 11.3 Å². The SMILES string of the molecule is Cc1ccc(-n2ncc3c(C)nn(CC(=O)Nc4ccc(OC(F)(F)F)cc4)c(=O)c32)c(C)c1. The topological polar surface area (TPSA) is 91.0 Å². The van der Waals surface area contributed by atoms with Crippen LogP contribution < -0.4 is 15.6 Å². The Morgan fingerprint density at radius 3 is 2.44 bits per heavy atom. The number of hydrogen-bond acceptors (Lipinski definition) is 5. The van der Waals surface area contributed by atoms with E-state index in [1.807, 2.05) is 32.0 Å². The van der Waals surface area contributed by atoms with Crippen molar-refractivity contribution >= 4 is 22.5 Å². The fourth-order valence-electron chi connectivity index (χ4n) is 3.63. The normalized spacial score (nSPS) is 11.6. The summed E-state index contributed by atoms with van der Waals surface area (Å²) >= 11 is 0. The largest absolute Gasteiger partial charge is 0.573 e. The average Bonchev–Trinajstić information content (AvgIpc) is 3.18. The van der Waals surface area contributed by atoms with Gasteiger partial charge in [-0.15, -0.1) is 13.2 Å². The molecule has 11 heteroatoms. The van der Waals surface area contributed by atoms with Crippen LogP contribution in [0.25, 0.3) is 16.6 Å². The van der Waals surface area contributed by atoms with Gasteiger partial charge in [-0.2, -0.15) is 10.2 Å². The van der Waals surface area contributed by atoms with Crippen molar-refractivity contribution < 1.29 is 22.7 Å². The molecule has 1 N–H and O–H groups in total. The Balaban J connectivity index is 1.60. The standard InChI is InChI=1S/C23H20F3N5O3/c1-13-4-9-19(14(2)10-13)31-21-18(11-27-31)15(3)29-30(22(21)33)12-20(32)28-16-5-7-17(8-6-16)34-23(24,25)26/h4-11H,12H2,1-3H3,(H,28,32). The first-order chi connectivity index (χ1) is 16.0. The molecule has 2 heterocycles. The van der Waals surface area contributed by atoms with Crippen LogP contribution in [0.15, 0.2) is 53.5 Å². The smallest absolute Gasteiger partial charge is 0.406 e. The predicted octanol–water partition coefficient (Wildman–Crippen LogP) is 4.04. The number of carbonyl (C=O) groups is 1. The number of aromatic nitrogens is 4. The molecule has 2 aromatic heterocycles. The highest BCUT2D eigenvalue weighted by Crippen LogP contribution is 2.24. The van der Waals surface area contributed by atoms with Gasteiger partial charge in [-0.05, 0) is 56.7 Å². The molecule has 2 aromatic carbocycles. The summed E-state index contributed by atoms with van der Waals surface area (Å²) in [6.45, 7) is 5.20. The monoisotopic (exact) mass is 471 g/mol. The Morgan fingerprint density at radius 1 is 1.09 bits per heavy atom. The van der Waals surface area contributed by atoms with E-state index in [2.05, 4.69) is 20.3 Å². The Hall–Kier alpha value is -4.15. The summed E-state index contributed by atoms with van der Waals surface area (Å²) in [5.74, 6) is -0.987. The number of fused-ring (bicyclic) bond motifs is 1. The molecule has 0 unspecified atom stereocenters. The molecule has 0 bridgehead atoms.